The Morgan fingerprint density at radius 1 is 1.23 bits per heavy atom. The van der Waals surface area contributed by atoms with Gasteiger partial charge in [0, 0.05) is 36.6 Å². The maximum Gasteiger partial charge on any atom is 0.412 e. The van der Waals surface area contributed by atoms with Crippen LogP contribution in [0, 0.1) is 0 Å². The molecule has 35 heavy (non-hydrogen) atoms. The van der Waals surface area contributed by atoms with Crippen molar-refractivity contribution in [1.29, 1.82) is 0 Å². The van der Waals surface area contributed by atoms with Crippen LogP contribution in [0.5, 0.6) is 0 Å². The fourth-order valence-corrected chi connectivity index (χ4v) is 3.78. The summed E-state index contributed by atoms with van der Waals surface area (Å²) >= 11 is 6.53. The van der Waals surface area contributed by atoms with Crippen molar-refractivity contribution >= 4 is 23.4 Å². The van der Waals surface area contributed by atoms with Crippen molar-refractivity contribution in [3.63, 3.8) is 0 Å². The fourth-order valence-electron chi connectivity index (χ4n) is 3.58. The largest absolute Gasteiger partial charge is 0.444 e. The van der Waals surface area contributed by atoms with Crippen LogP contribution in [0.2, 0.25) is 5.02 Å². The smallest absolute Gasteiger partial charge is 0.412 e. The Balaban J connectivity index is 2.47. The molecule has 0 N–H and O–H groups in total. The molecule has 0 unspecified atom stereocenters. The van der Waals surface area contributed by atoms with Crippen molar-refractivity contribution in [3.05, 3.63) is 58.6 Å². The number of hydrogen-bond donors (Lipinski definition) is 0. The molecule has 0 aliphatic carbocycles. The van der Waals surface area contributed by atoms with Gasteiger partial charge in [-0.1, -0.05) is 30.2 Å². The number of amides is 1. The van der Waals surface area contributed by atoms with E-state index in [1.54, 1.807) is 23.4 Å². The van der Waals surface area contributed by atoms with Crippen LogP contribution in [0.3, 0.4) is 0 Å². The highest BCUT2D eigenvalue weighted by molar-refractivity contribution is 6.33. The molecule has 0 atom stereocenters. The summed E-state index contributed by atoms with van der Waals surface area (Å²) in [6.45, 7) is 11.3. The second-order valence-electron chi connectivity index (χ2n) is 9.68. The van der Waals surface area contributed by atoms with Crippen molar-refractivity contribution in [2.75, 3.05) is 18.0 Å². The number of nitrogens with zero attached hydrogens (tertiary/aromatic N) is 3. The van der Waals surface area contributed by atoms with Gasteiger partial charge in [0.05, 0.1) is 16.9 Å². The third-order valence-electron chi connectivity index (χ3n) is 5.67. The number of pyridine rings is 1. The van der Waals surface area contributed by atoms with E-state index in [-0.39, 0.29) is 12.1 Å². The van der Waals surface area contributed by atoms with Crippen LogP contribution in [0.25, 0.3) is 0 Å². The lowest BCUT2D eigenvalue weighted by molar-refractivity contribution is -0.0913. The Morgan fingerprint density at radius 2 is 1.86 bits per heavy atom. The van der Waals surface area contributed by atoms with E-state index in [0.29, 0.717) is 42.3 Å². The first-order valence-electron chi connectivity index (χ1n) is 11.7. The molecule has 0 radical (unpaired) electrons. The first-order valence-corrected chi connectivity index (χ1v) is 12.1. The standard InChI is InChI=1S/C26H35ClF3N3O2/c1-7-18(2)16-21(9-8-19(3)26(28,29)30)33(23-17-31-13-10-22(23)27)20-11-14-32(15-12-20)24(34)35-25(4,5)6/h8-10,13,16-17,20H,7,11-12,14-15H2,1-6H3/b18-16+,19-8+,21-9+. The second kappa shape index (κ2) is 12.0. The van der Waals surface area contributed by atoms with Crippen LogP contribution < -0.4 is 4.90 Å². The van der Waals surface area contributed by atoms with Gasteiger partial charge in [-0.05, 0) is 72.1 Å². The third kappa shape index (κ3) is 8.60. The molecule has 194 valence electrons. The fraction of sp³-hybridized carbons (Fsp3) is 0.538. The van der Waals surface area contributed by atoms with E-state index in [9.17, 15) is 18.0 Å². The van der Waals surface area contributed by atoms with Crippen LogP contribution in [-0.4, -0.2) is 46.9 Å². The Hall–Kier alpha value is -2.48. The molecule has 2 heterocycles. The predicted molar refractivity (Wildman–Crippen MR) is 134 cm³/mol. The monoisotopic (exact) mass is 513 g/mol. The minimum absolute atomic E-state index is 0.109. The highest BCUT2D eigenvalue weighted by Gasteiger charge is 2.32. The average Bonchev–Trinajstić information content (AvgIpc) is 2.77. The van der Waals surface area contributed by atoms with E-state index in [2.05, 4.69) is 4.98 Å². The molecule has 1 fully saturated rings. The number of carbonyl (C=O) groups is 1. The lowest BCUT2D eigenvalue weighted by Crippen LogP contribution is -2.47. The van der Waals surface area contributed by atoms with Crippen LogP contribution in [-0.2, 0) is 4.74 Å². The molecule has 1 amide bonds. The molecule has 0 spiro atoms. The van der Waals surface area contributed by atoms with E-state index in [0.717, 1.165) is 25.0 Å². The summed E-state index contributed by atoms with van der Waals surface area (Å²) in [7, 11) is 0. The van der Waals surface area contributed by atoms with Crippen LogP contribution >= 0.6 is 11.6 Å². The summed E-state index contributed by atoms with van der Waals surface area (Å²) < 4.78 is 45.1. The lowest BCUT2D eigenvalue weighted by atomic mass is 10.0. The second-order valence-corrected chi connectivity index (χ2v) is 10.1. The molecular formula is C26H35ClF3N3O2. The van der Waals surface area contributed by atoms with Gasteiger partial charge in [0.25, 0.3) is 0 Å². The van der Waals surface area contributed by atoms with Crippen molar-refractivity contribution in [2.45, 2.75) is 78.6 Å². The highest BCUT2D eigenvalue weighted by atomic mass is 35.5. The summed E-state index contributed by atoms with van der Waals surface area (Å²) in [5, 5.41) is 0.444. The van der Waals surface area contributed by atoms with Gasteiger partial charge in [-0.25, -0.2) is 4.79 Å². The number of halogens is 4. The summed E-state index contributed by atoms with van der Waals surface area (Å²) in [4.78, 5) is 20.3. The summed E-state index contributed by atoms with van der Waals surface area (Å²) in [5.74, 6) is 0. The van der Waals surface area contributed by atoms with Gasteiger partial charge in [0.2, 0.25) is 0 Å². The number of hydrogen-bond acceptors (Lipinski definition) is 4. The normalized spacial score (nSPS) is 17.0. The van der Waals surface area contributed by atoms with E-state index in [1.165, 1.54) is 6.08 Å². The third-order valence-corrected chi connectivity index (χ3v) is 5.99. The first kappa shape index (κ1) is 28.8. The number of anilines is 1. The maximum atomic E-state index is 13.2. The SMILES string of the molecule is CC/C(C)=C/C(=C\C=C(/C)C(F)(F)F)N(c1cnccc1Cl)C1CCN(C(=O)OC(C)(C)C)CC1. The number of rotatable bonds is 6. The van der Waals surface area contributed by atoms with Gasteiger partial charge in [0.1, 0.15) is 5.60 Å². The van der Waals surface area contributed by atoms with Crippen molar-refractivity contribution < 1.29 is 22.7 Å². The Bertz CT molecular complexity index is 973. The molecule has 1 aromatic heterocycles. The van der Waals surface area contributed by atoms with Gasteiger partial charge < -0.3 is 14.5 Å². The summed E-state index contributed by atoms with van der Waals surface area (Å²) in [6.07, 6.45) is 4.75. The molecule has 1 aromatic rings. The quantitative estimate of drug-likeness (QED) is 0.366. The van der Waals surface area contributed by atoms with E-state index >= 15 is 0 Å². The molecule has 0 saturated carbocycles. The molecule has 1 saturated heterocycles. The average molecular weight is 514 g/mol. The van der Waals surface area contributed by atoms with Crippen LogP contribution in [0.4, 0.5) is 23.7 Å². The van der Waals surface area contributed by atoms with Gasteiger partial charge in [-0.3, -0.25) is 4.98 Å². The zero-order valence-corrected chi connectivity index (χ0v) is 22.0. The van der Waals surface area contributed by atoms with Gasteiger partial charge in [-0.2, -0.15) is 13.2 Å². The maximum absolute atomic E-state index is 13.2. The zero-order chi connectivity index (χ0) is 26.4. The van der Waals surface area contributed by atoms with Crippen molar-refractivity contribution in [1.82, 2.24) is 9.88 Å². The Kier molecular flexibility index (Phi) is 9.84. The molecule has 9 heteroatoms. The number of aromatic nitrogens is 1. The van der Waals surface area contributed by atoms with Crippen molar-refractivity contribution in [3.8, 4) is 0 Å². The number of allylic oxidation sites excluding steroid dienone is 5. The molecule has 1 aliphatic rings. The van der Waals surface area contributed by atoms with E-state index in [4.69, 9.17) is 16.3 Å². The number of carbonyl (C=O) groups excluding carboxylic acids is 1. The number of alkyl halides is 3. The van der Waals surface area contributed by atoms with Gasteiger partial charge in [-0.15, -0.1) is 0 Å². The zero-order valence-electron chi connectivity index (χ0n) is 21.2. The van der Waals surface area contributed by atoms with E-state index < -0.39 is 17.4 Å². The van der Waals surface area contributed by atoms with Crippen LogP contribution in [0.1, 0.15) is 60.8 Å². The number of ether oxygens (including phenoxy) is 1. The van der Waals surface area contributed by atoms with Crippen LogP contribution in [0.15, 0.2) is 53.5 Å². The summed E-state index contributed by atoms with van der Waals surface area (Å²) in [6, 6.07) is 1.55. The lowest BCUT2D eigenvalue weighted by Gasteiger charge is -2.40. The predicted octanol–water partition coefficient (Wildman–Crippen LogP) is 7.69. The minimum atomic E-state index is -4.42. The first-order chi connectivity index (χ1) is 16.2. The van der Waals surface area contributed by atoms with Gasteiger partial charge in [0.15, 0.2) is 0 Å². The molecule has 2 rings (SSSR count). The molecule has 1 aliphatic heterocycles. The Labute approximate surface area is 211 Å². The molecule has 5 nitrogen and oxygen atoms in total. The molecular weight excluding hydrogens is 479 g/mol. The summed E-state index contributed by atoms with van der Waals surface area (Å²) in [5.41, 5.74) is 0.900. The Morgan fingerprint density at radius 3 is 2.37 bits per heavy atom. The molecule has 0 bridgehead atoms. The number of likely N-dealkylation sites (tertiary alicyclic amines) is 1. The molecule has 0 aromatic carbocycles. The van der Waals surface area contributed by atoms with E-state index in [1.807, 2.05) is 45.6 Å². The number of piperidine rings is 1. The highest BCUT2D eigenvalue weighted by Crippen LogP contribution is 2.34. The van der Waals surface area contributed by atoms with Gasteiger partial charge >= 0.3 is 12.3 Å². The topological polar surface area (TPSA) is 45.7 Å². The van der Waals surface area contributed by atoms with Crippen molar-refractivity contribution in [2.24, 2.45) is 0 Å². The minimum Gasteiger partial charge on any atom is -0.444 e.